The third-order valence-electron chi connectivity index (χ3n) is 4.67. The molecule has 0 spiro atoms. The number of nitrogens with one attached hydrogen (secondary N) is 1. The number of carboxylic acids is 1. The zero-order valence-electron chi connectivity index (χ0n) is 20.1. The van der Waals surface area contributed by atoms with Gasteiger partial charge in [0.25, 0.3) is 0 Å². The number of nitrogens with zero attached hydrogens (tertiary/aromatic N) is 1. The highest BCUT2D eigenvalue weighted by Gasteiger charge is 2.55. The Labute approximate surface area is 184 Å². The Morgan fingerprint density at radius 3 is 1.94 bits per heavy atom. The molecule has 0 unspecified atom stereocenters. The first kappa shape index (κ1) is 26.7. The largest absolute Gasteiger partial charge is 0.481 e. The number of hydrogen-bond donors (Lipinski definition) is 2. The Kier molecular flexibility index (Phi) is 8.51. The fourth-order valence-electron chi connectivity index (χ4n) is 3.81. The van der Waals surface area contributed by atoms with Crippen molar-refractivity contribution < 1.29 is 33.8 Å². The highest BCUT2D eigenvalue weighted by molar-refractivity contribution is 5.86. The molecule has 9 nitrogen and oxygen atoms in total. The fourth-order valence-corrected chi connectivity index (χ4v) is 3.81. The van der Waals surface area contributed by atoms with Crippen molar-refractivity contribution in [2.45, 2.75) is 104 Å². The summed E-state index contributed by atoms with van der Waals surface area (Å²) in [7, 11) is 0. The van der Waals surface area contributed by atoms with Crippen molar-refractivity contribution in [3.63, 3.8) is 0 Å². The van der Waals surface area contributed by atoms with Crippen molar-refractivity contribution in [1.29, 1.82) is 0 Å². The Morgan fingerprint density at radius 2 is 1.55 bits per heavy atom. The molecule has 0 radical (unpaired) electrons. The lowest BCUT2D eigenvalue weighted by Gasteiger charge is -2.37. The van der Waals surface area contributed by atoms with Gasteiger partial charge in [-0.3, -0.25) is 14.5 Å². The molecular weight excluding hydrogens is 404 g/mol. The lowest BCUT2D eigenvalue weighted by atomic mass is 9.88. The van der Waals surface area contributed by atoms with Crippen LogP contribution in [-0.2, 0) is 23.9 Å². The number of rotatable bonds is 6. The van der Waals surface area contributed by atoms with Gasteiger partial charge in [0.15, 0.2) is 0 Å². The number of carbonyl (C=O) groups excluding carboxylic acids is 3. The Bertz CT molecular complexity index is 691. The summed E-state index contributed by atoms with van der Waals surface area (Å²) >= 11 is 0. The lowest BCUT2D eigenvalue weighted by Crippen LogP contribution is -2.57. The second-order valence-electron chi connectivity index (χ2n) is 10.5. The van der Waals surface area contributed by atoms with Gasteiger partial charge in [0.05, 0.1) is 18.0 Å². The zero-order valence-corrected chi connectivity index (χ0v) is 20.1. The second kappa shape index (κ2) is 9.87. The molecule has 1 fully saturated rings. The van der Waals surface area contributed by atoms with Gasteiger partial charge in [-0.2, -0.15) is 0 Å². The minimum absolute atomic E-state index is 0.104. The molecule has 1 saturated heterocycles. The molecule has 0 bridgehead atoms. The van der Waals surface area contributed by atoms with Gasteiger partial charge >= 0.3 is 18.0 Å². The Balaban J connectivity index is 3.52. The van der Waals surface area contributed by atoms with Gasteiger partial charge in [0.1, 0.15) is 17.2 Å². The van der Waals surface area contributed by atoms with Crippen LogP contribution in [0.1, 0.15) is 75.2 Å². The summed E-state index contributed by atoms with van der Waals surface area (Å²) in [5.41, 5.74) is -1.68. The number of aliphatic carboxylic acids is 1. The van der Waals surface area contributed by atoms with Crippen LogP contribution >= 0.6 is 0 Å². The van der Waals surface area contributed by atoms with Crippen molar-refractivity contribution in [3.05, 3.63) is 0 Å². The third-order valence-corrected chi connectivity index (χ3v) is 4.67. The first-order valence-corrected chi connectivity index (χ1v) is 10.7. The van der Waals surface area contributed by atoms with Crippen LogP contribution in [0.5, 0.6) is 0 Å². The van der Waals surface area contributed by atoms with Crippen LogP contribution < -0.4 is 5.32 Å². The van der Waals surface area contributed by atoms with Crippen LogP contribution in [0.4, 0.5) is 4.79 Å². The van der Waals surface area contributed by atoms with Gasteiger partial charge in [0, 0.05) is 6.92 Å². The van der Waals surface area contributed by atoms with Crippen LogP contribution in [0.2, 0.25) is 0 Å². The molecule has 0 aromatic heterocycles. The monoisotopic (exact) mass is 442 g/mol. The Morgan fingerprint density at radius 1 is 1.03 bits per heavy atom. The van der Waals surface area contributed by atoms with E-state index in [0.29, 0.717) is 6.42 Å². The zero-order chi connectivity index (χ0) is 24.3. The number of carbonyl (C=O) groups is 4. The van der Waals surface area contributed by atoms with Gasteiger partial charge in [-0.25, -0.2) is 9.59 Å². The molecule has 0 saturated carbocycles. The van der Waals surface area contributed by atoms with E-state index >= 15 is 0 Å². The topological polar surface area (TPSA) is 122 Å². The summed E-state index contributed by atoms with van der Waals surface area (Å²) < 4.78 is 11.0. The molecule has 0 aliphatic carbocycles. The van der Waals surface area contributed by atoms with Crippen LogP contribution in [0.15, 0.2) is 0 Å². The number of amides is 2. The van der Waals surface area contributed by atoms with Gasteiger partial charge < -0.3 is 19.9 Å². The van der Waals surface area contributed by atoms with E-state index in [4.69, 9.17) is 9.47 Å². The van der Waals surface area contributed by atoms with Crippen LogP contribution in [-0.4, -0.2) is 63.3 Å². The van der Waals surface area contributed by atoms with Gasteiger partial charge in [-0.1, -0.05) is 13.8 Å². The van der Waals surface area contributed by atoms with Crippen molar-refractivity contribution in [3.8, 4) is 0 Å². The van der Waals surface area contributed by atoms with Crippen molar-refractivity contribution in [1.82, 2.24) is 10.2 Å². The maximum absolute atomic E-state index is 13.2. The minimum Gasteiger partial charge on any atom is -0.481 e. The van der Waals surface area contributed by atoms with Crippen LogP contribution in [0.3, 0.4) is 0 Å². The summed E-state index contributed by atoms with van der Waals surface area (Å²) in [6.07, 6.45) is -0.507. The average Bonchev–Trinajstić information content (AvgIpc) is 2.90. The molecule has 1 aliphatic rings. The fraction of sp³-hybridized carbons (Fsp3) is 0.818. The van der Waals surface area contributed by atoms with Crippen molar-refractivity contribution in [2.75, 3.05) is 0 Å². The first-order valence-electron chi connectivity index (χ1n) is 10.7. The van der Waals surface area contributed by atoms with Gasteiger partial charge in [0.2, 0.25) is 5.91 Å². The highest BCUT2D eigenvalue weighted by atomic mass is 16.6. The van der Waals surface area contributed by atoms with E-state index in [1.165, 1.54) is 11.8 Å². The van der Waals surface area contributed by atoms with E-state index < -0.39 is 53.3 Å². The molecule has 1 aliphatic heterocycles. The predicted molar refractivity (Wildman–Crippen MR) is 114 cm³/mol. The van der Waals surface area contributed by atoms with E-state index in [1.54, 1.807) is 41.5 Å². The minimum atomic E-state index is -1.15. The molecule has 2 N–H and O–H groups in total. The van der Waals surface area contributed by atoms with E-state index in [0.717, 1.165) is 0 Å². The summed E-state index contributed by atoms with van der Waals surface area (Å²) in [5.74, 6) is -3.16. The van der Waals surface area contributed by atoms with E-state index in [9.17, 15) is 24.3 Å². The summed E-state index contributed by atoms with van der Waals surface area (Å²) in [5, 5.41) is 12.7. The summed E-state index contributed by atoms with van der Waals surface area (Å²) in [4.78, 5) is 51.4. The number of hydrogen-bond acceptors (Lipinski definition) is 6. The maximum atomic E-state index is 13.2. The number of ether oxygens (including phenoxy) is 2. The van der Waals surface area contributed by atoms with E-state index in [2.05, 4.69) is 5.32 Å². The molecule has 0 aromatic rings. The van der Waals surface area contributed by atoms with E-state index in [1.807, 2.05) is 13.8 Å². The van der Waals surface area contributed by atoms with E-state index in [-0.39, 0.29) is 18.2 Å². The molecule has 4 atom stereocenters. The number of carboxylic acid groups (broad SMARTS) is 1. The molecular formula is C22H38N2O7. The smallest absolute Gasteiger partial charge is 0.411 e. The van der Waals surface area contributed by atoms with Crippen molar-refractivity contribution >= 4 is 23.9 Å². The van der Waals surface area contributed by atoms with Gasteiger partial charge in [-0.15, -0.1) is 0 Å². The van der Waals surface area contributed by atoms with Gasteiger partial charge in [-0.05, 0) is 60.3 Å². The second-order valence-corrected chi connectivity index (χ2v) is 10.5. The molecule has 178 valence electrons. The SMILES string of the molecule is CC(=O)N[C@@H](CC(C)C)[C@H]1[C@H](C(=O)O)C[C@H](C(=O)OC(C)(C)C)N1C(=O)OC(C)(C)C. The maximum Gasteiger partial charge on any atom is 0.411 e. The molecule has 1 heterocycles. The summed E-state index contributed by atoms with van der Waals surface area (Å²) in [6, 6.07) is -2.77. The third kappa shape index (κ3) is 8.03. The quantitative estimate of drug-likeness (QED) is 0.606. The Hall–Kier alpha value is -2.32. The first-order chi connectivity index (χ1) is 13.9. The molecule has 31 heavy (non-hydrogen) atoms. The van der Waals surface area contributed by atoms with Crippen molar-refractivity contribution in [2.24, 2.45) is 11.8 Å². The summed E-state index contributed by atoms with van der Waals surface area (Å²) in [6.45, 7) is 15.4. The highest BCUT2D eigenvalue weighted by Crippen LogP contribution is 2.36. The van der Waals surface area contributed by atoms with Crippen LogP contribution in [0, 0.1) is 11.8 Å². The lowest BCUT2D eigenvalue weighted by molar-refractivity contribution is -0.160. The molecule has 2 amide bonds. The normalized spacial score (nSPS) is 22.8. The van der Waals surface area contributed by atoms with Crippen LogP contribution in [0.25, 0.3) is 0 Å². The molecule has 0 aromatic carbocycles. The standard InChI is InChI=1S/C22H38N2O7/c1-12(2)10-15(23-13(3)25)17-14(18(26)27)11-16(19(28)30-21(4,5)6)24(17)20(29)31-22(7,8)9/h12,14-17H,10-11H2,1-9H3,(H,23,25)(H,26,27)/t14-,15+,16-,17-/m1/s1. The molecule has 1 rings (SSSR count). The number of esters is 1. The average molecular weight is 443 g/mol. The predicted octanol–water partition coefficient (Wildman–Crippen LogP) is 2.96. The number of likely N-dealkylation sites (tertiary alicyclic amines) is 1. The molecule has 9 heteroatoms.